The molecule has 0 spiro atoms. The molecule has 0 aliphatic carbocycles. The summed E-state index contributed by atoms with van der Waals surface area (Å²) in [5.41, 5.74) is 6.16. The van der Waals surface area contributed by atoms with E-state index in [0.29, 0.717) is 22.3 Å². The van der Waals surface area contributed by atoms with Crippen LogP contribution in [0.1, 0.15) is 30.5 Å². The highest BCUT2D eigenvalue weighted by Gasteiger charge is 2.14. The molecule has 1 heterocycles. The second-order valence-electron chi connectivity index (χ2n) is 8.58. The maximum absolute atomic E-state index is 12.6. The molecule has 37 heavy (non-hydrogen) atoms. The number of carbonyl (C=O) groups excluding carboxylic acids is 1. The van der Waals surface area contributed by atoms with E-state index >= 15 is 0 Å². The molecular weight excluding hydrogens is 492 g/mol. The topological polar surface area (TPSA) is 106 Å². The van der Waals surface area contributed by atoms with Crippen molar-refractivity contribution in [2.75, 3.05) is 23.3 Å². The van der Waals surface area contributed by atoms with Crippen LogP contribution in [0.2, 0.25) is 5.02 Å². The summed E-state index contributed by atoms with van der Waals surface area (Å²) in [6.07, 6.45) is 2.81. The Kier molecular flexibility index (Phi) is 7.54. The van der Waals surface area contributed by atoms with E-state index in [1.807, 2.05) is 26.0 Å². The average molecular weight is 519 g/mol. The summed E-state index contributed by atoms with van der Waals surface area (Å²) in [6.45, 7) is 10.0. The first-order valence-corrected chi connectivity index (χ1v) is 12.2. The van der Waals surface area contributed by atoms with Crippen LogP contribution in [0, 0.1) is 24.0 Å². The molecule has 9 nitrogen and oxygen atoms in total. The first kappa shape index (κ1) is 25.8. The Balaban J connectivity index is 1.55. The van der Waals surface area contributed by atoms with E-state index in [1.54, 1.807) is 16.9 Å². The highest BCUT2D eigenvalue weighted by Crippen LogP contribution is 2.27. The Morgan fingerprint density at radius 3 is 2.41 bits per heavy atom. The van der Waals surface area contributed by atoms with Gasteiger partial charge in [0, 0.05) is 36.6 Å². The van der Waals surface area contributed by atoms with Crippen molar-refractivity contribution < 1.29 is 9.72 Å². The molecule has 10 heteroatoms. The van der Waals surface area contributed by atoms with E-state index in [9.17, 15) is 14.9 Å². The molecule has 0 aliphatic heterocycles. The van der Waals surface area contributed by atoms with Crippen molar-refractivity contribution in [2.45, 2.75) is 27.7 Å². The fraction of sp³-hybridized carbons (Fsp3) is 0.222. The Labute approximate surface area is 219 Å². The highest BCUT2D eigenvalue weighted by molar-refractivity contribution is 6.32. The number of hydrogen-bond donors (Lipinski definition) is 1. The molecule has 0 fully saturated rings. The van der Waals surface area contributed by atoms with Crippen LogP contribution < -0.4 is 10.2 Å². The van der Waals surface area contributed by atoms with E-state index < -0.39 is 4.92 Å². The van der Waals surface area contributed by atoms with Crippen molar-refractivity contribution in [3.63, 3.8) is 0 Å². The van der Waals surface area contributed by atoms with E-state index in [2.05, 4.69) is 46.4 Å². The number of carbonyl (C=O) groups is 1. The third-order valence-electron chi connectivity index (χ3n) is 6.10. The minimum absolute atomic E-state index is 0.0404. The Bertz CT molecular complexity index is 1520. The summed E-state index contributed by atoms with van der Waals surface area (Å²) in [5, 5.41) is 23.3. The Morgan fingerprint density at radius 2 is 1.76 bits per heavy atom. The SMILES string of the molecule is CCN(CC)c1ccc(-n2nc3cc(C)c(NC(=O)/C=C/c4ccc(Cl)c([N+](=O)[O-])c4)cc3n2)c(C)c1. The van der Waals surface area contributed by atoms with Gasteiger partial charge < -0.3 is 10.2 Å². The van der Waals surface area contributed by atoms with Crippen LogP contribution in [0.5, 0.6) is 0 Å². The second-order valence-corrected chi connectivity index (χ2v) is 8.99. The van der Waals surface area contributed by atoms with Gasteiger partial charge in [-0.2, -0.15) is 4.80 Å². The molecule has 0 aliphatic rings. The lowest BCUT2D eigenvalue weighted by Gasteiger charge is -2.22. The summed E-state index contributed by atoms with van der Waals surface area (Å²) >= 11 is 5.85. The zero-order valence-electron chi connectivity index (χ0n) is 21.0. The summed E-state index contributed by atoms with van der Waals surface area (Å²) < 4.78 is 0. The van der Waals surface area contributed by atoms with Crippen LogP contribution in [-0.4, -0.2) is 38.9 Å². The number of aromatic nitrogens is 3. The summed E-state index contributed by atoms with van der Waals surface area (Å²) in [5.74, 6) is -0.379. The minimum atomic E-state index is -0.563. The van der Waals surface area contributed by atoms with Gasteiger partial charge in [0.05, 0.1) is 10.6 Å². The molecule has 4 aromatic rings. The van der Waals surface area contributed by atoms with Crippen molar-refractivity contribution in [2.24, 2.45) is 0 Å². The summed E-state index contributed by atoms with van der Waals surface area (Å²) in [7, 11) is 0. The number of benzene rings is 3. The first-order chi connectivity index (χ1) is 17.7. The predicted molar refractivity (Wildman–Crippen MR) is 148 cm³/mol. The molecule has 3 aromatic carbocycles. The van der Waals surface area contributed by atoms with Crippen LogP contribution in [0.3, 0.4) is 0 Å². The van der Waals surface area contributed by atoms with Crippen LogP contribution in [0.4, 0.5) is 17.1 Å². The fourth-order valence-corrected chi connectivity index (χ4v) is 4.27. The van der Waals surface area contributed by atoms with Gasteiger partial charge in [0.15, 0.2) is 0 Å². The lowest BCUT2D eigenvalue weighted by atomic mass is 10.1. The van der Waals surface area contributed by atoms with Crippen molar-refractivity contribution in [3.8, 4) is 5.69 Å². The second kappa shape index (κ2) is 10.8. The van der Waals surface area contributed by atoms with Crippen molar-refractivity contribution in [3.05, 3.63) is 86.4 Å². The van der Waals surface area contributed by atoms with Crippen molar-refractivity contribution in [1.29, 1.82) is 0 Å². The smallest absolute Gasteiger partial charge is 0.288 e. The number of anilines is 2. The minimum Gasteiger partial charge on any atom is -0.372 e. The van der Waals surface area contributed by atoms with Gasteiger partial charge in [-0.1, -0.05) is 17.7 Å². The van der Waals surface area contributed by atoms with Gasteiger partial charge in [-0.25, -0.2) is 0 Å². The normalized spacial score (nSPS) is 11.3. The fourth-order valence-electron chi connectivity index (χ4n) is 4.08. The lowest BCUT2D eigenvalue weighted by molar-refractivity contribution is -0.384. The number of nitrogens with zero attached hydrogens (tertiary/aromatic N) is 5. The van der Waals surface area contributed by atoms with Crippen LogP contribution in [-0.2, 0) is 4.79 Å². The zero-order valence-corrected chi connectivity index (χ0v) is 21.8. The molecule has 0 unspecified atom stereocenters. The maximum atomic E-state index is 12.6. The molecule has 4 rings (SSSR count). The molecule has 1 amide bonds. The standard InChI is InChI=1S/C27H27ClN6O3/c1-5-32(6-2)20-9-11-25(18(4)13-20)33-30-23-14-17(3)22(16-24(23)31-33)29-27(35)12-8-19-7-10-21(28)26(15-19)34(36)37/h7-16H,5-6H2,1-4H3,(H,29,35)/b12-8+. The highest BCUT2D eigenvalue weighted by atomic mass is 35.5. The van der Waals surface area contributed by atoms with Gasteiger partial charge in [0.2, 0.25) is 5.91 Å². The van der Waals surface area contributed by atoms with E-state index in [4.69, 9.17) is 11.6 Å². The number of aryl methyl sites for hydroxylation is 2. The average Bonchev–Trinajstić information content (AvgIpc) is 3.26. The number of nitro benzene ring substituents is 1. The number of rotatable bonds is 8. The Hall–Kier alpha value is -4.24. The molecule has 1 N–H and O–H groups in total. The van der Waals surface area contributed by atoms with Crippen molar-refractivity contribution in [1.82, 2.24) is 15.0 Å². The first-order valence-electron chi connectivity index (χ1n) is 11.9. The van der Waals surface area contributed by atoms with Gasteiger partial charge in [-0.05, 0) is 86.9 Å². The van der Waals surface area contributed by atoms with Gasteiger partial charge in [-0.3, -0.25) is 14.9 Å². The van der Waals surface area contributed by atoms with Crippen molar-refractivity contribution >= 4 is 51.7 Å². The monoisotopic (exact) mass is 518 g/mol. The largest absolute Gasteiger partial charge is 0.372 e. The number of halogens is 1. The lowest BCUT2D eigenvalue weighted by Crippen LogP contribution is -2.21. The maximum Gasteiger partial charge on any atom is 0.288 e. The number of nitro groups is 1. The summed E-state index contributed by atoms with van der Waals surface area (Å²) in [6, 6.07) is 14.2. The van der Waals surface area contributed by atoms with E-state index in [1.165, 1.54) is 24.3 Å². The zero-order chi connectivity index (χ0) is 26.7. The number of fused-ring (bicyclic) bond motifs is 1. The summed E-state index contributed by atoms with van der Waals surface area (Å²) in [4.78, 5) is 27.0. The quantitative estimate of drug-likeness (QED) is 0.172. The molecule has 190 valence electrons. The van der Waals surface area contributed by atoms with Gasteiger partial charge in [0.1, 0.15) is 16.1 Å². The molecule has 0 radical (unpaired) electrons. The number of hydrogen-bond acceptors (Lipinski definition) is 6. The molecule has 1 aromatic heterocycles. The van der Waals surface area contributed by atoms with E-state index in [-0.39, 0.29) is 16.6 Å². The molecule has 0 bridgehead atoms. The van der Waals surface area contributed by atoms with Crippen LogP contribution >= 0.6 is 11.6 Å². The molecule has 0 saturated heterocycles. The van der Waals surface area contributed by atoms with Gasteiger partial charge in [0.25, 0.3) is 5.69 Å². The number of amides is 1. The molecular formula is C27H27ClN6O3. The third-order valence-corrected chi connectivity index (χ3v) is 6.42. The third kappa shape index (κ3) is 5.62. The van der Waals surface area contributed by atoms with Gasteiger partial charge in [-0.15, -0.1) is 10.2 Å². The van der Waals surface area contributed by atoms with E-state index in [0.717, 1.165) is 35.6 Å². The molecule has 0 atom stereocenters. The number of nitrogens with one attached hydrogen (secondary N) is 1. The molecule has 0 saturated carbocycles. The Morgan fingerprint density at radius 1 is 1.05 bits per heavy atom. The predicted octanol–water partition coefficient (Wildman–Crippen LogP) is 6.10. The van der Waals surface area contributed by atoms with Gasteiger partial charge >= 0.3 is 0 Å². The van der Waals surface area contributed by atoms with Crippen LogP contribution in [0.15, 0.2) is 54.6 Å². The van der Waals surface area contributed by atoms with Crippen LogP contribution in [0.25, 0.3) is 22.8 Å².